The Balaban J connectivity index is 1.52. The van der Waals surface area contributed by atoms with E-state index in [9.17, 15) is 0 Å². The van der Waals surface area contributed by atoms with Crippen LogP contribution in [-0.2, 0) is 19.6 Å². The molecule has 0 atom stereocenters. The van der Waals surface area contributed by atoms with Crippen LogP contribution in [0.4, 0.5) is 5.69 Å². The number of hydrogen-bond donors (Lipinski definition) is 1. The molecule has 1 aliphatic heterocycles. The summed E-state index contributed by atoms with van der Waals surface area (Å²) in [6.45, 7) is 4.24. The van der Waals surface area contributed by atoms with Crippen molar-refractivity contribution in [2.75, 3.05) is 12.3 Å². The van der Waals surface area contributed by atoms with Crippen LogP contribution < -0.4 is 5.73 Å². The van der Waals surface area contributed by atoms with Crippen molar-refractivity contribution in [2.24, 2.45) is 0 Å². The summed E-state index contributed by atoms with van der Waals surface area (Å²) in [5.74, 6) is 0. The first-order valence-corrected chi connectivity index (χ1v) is 6.36. The number of anilines is 1. The minimum absolute atomic E-state index is 0.869. The average Bonchev–Trinajstić information content (AvgIpc) is 2.97. The largest absolute Gasteiger partial charge is 0.399 e. The zero-order chi connectivity index (χ0) is 12.4. The van der Waals surface area contributed by atoms with Crippen LogP contribution in [0.1, 0.15) is 17.5 Å². The van der Waals surface area contributed by atoms with E-state index in [1.807, 2.05) is 24.8 Å². The summed E-state index contributed by atoms with van der Waals surface area (Å²) in [6, 6.07) is 6.25. The van der Waals surface area contributed by atoms with Gasteiger partial charge in [-0.25, -0.2) is 4.98 Å². The first-order valence-electron chi connectivity index (χ1n) is 6.36. The lowest BCUT2D eigenvalue weighted by atomic mass is 10.1. The fourth-order valence-electron chi connectivity index (χ4n) is 2.54. The van der Waals surface area contributed by atoms with Gasteiger partial charge >= 0.3 is 0 Å². The predicted molar refractivity (Wildman–Crippen MR) is 71.8 cm³/mol. The molecule has 4 heteroatoms. The van der Waals surface area contributed by atoms with E-state index in [2.05, 4.69) is 26.6 Å². The Morgan fingerprint density at radius 2 is 2.06 bits per heavy atom. The van der Waals surface area contributed by atoms with Crippen molar-refractivity contribution in [1.82, 2.24) is 14.5 Å². The van der Waals surface area contributed by atoms with E-state index < -0.39 is 0 Å². The third-order valence-electron chi connectivity index (χ3n) is 3.47. The molecule has 2 N–H and O–H groups in total. The lowest BCUT2D eigenvalue weighted by Crippen LogP contribution is -2.18. The SMILES string of the molecule is Nc1ccc2c(c1)CN(CCCn1ccnc1)C2. The first kappa shape index (κ1) is 11.3. The number of rotatable bonds is 4. The molecule has 2 aromatic rings. The molecule has 1 aromatic heterocycles. The summed E-state index contributed by atoms with van der Waals surface area (Å²) in [5, 5.41) is 0. The number of aryl methyl sites for hydroxylation is 1. The maximum Gasteiger partial charge on any atom is 0.0945 e. The van der Waals surface area contributed by atoms with E-state index in [0.717, 1.165) is 38.3 Å². The number of nitrogen functional groups attached to an aromatic ring is 1. The zero-order valence-corrected chi connectivity index (χ0v) is 10.4. The maximum absolute atomic E-state index is 5.81. The molecule has 0 saturated heterocycles. The van der Waals surface area contributed by atoms with E-state index >= 15 is 0 Å². The van der Waals surface area contributed by atoms with Crippen molar-refractivity contribution in [2.45, 2.75) is 26.1 Å². The average molecular weight is 242 g/mol. The van der Waals surface area contributed by atoms with Crippen molar-refractivity contribution in [3.05, 3.63) is 48.0 Å². The Morgan fingerprint density at radius 1 is 1.17 bits per heavy atom. The van der Waals surface area contributed by atoms with Gasteiger partial charge in [0.05, 0.1) is 6.33 Å². The molecular formula is C14H18N4. The van der Waals surface area contributed by atoms with Gasteiger partial charge < -0.3 is 10.3 Å². The normalized spacial score (nSPS) is 14.9. The van der Waals surface area contributed by atoms with E-state index in [0.29, 0.717) is 0 Å². The Morgan fingerprint density at radius 3 is 2.89 bits per heavy atom. The van der Waals surface area contributed by atoms with Crippen molar-refractivity contribution in [3.63, 3.8) is 0 Å². The Hall–Kier alpha value is -1.81. The molecule has 94 valence electrons. The van der Waals surface area contributed by atoms with Gasteiger partial charge in [0.2, 0.25) is 0 Å². The van der Waals surface area contributed by atoms with Crippen LogP contribution in [0.15, 0.2) is 36.9 Å². The second kappa shape index (κ2) is 4.82. The van der Waals surface area contributed by atoms with E-state index in [4.69, 9.17) is 5.73 Å². The van der Waals surface area contributed by atoms with Crippen LogP contribution in [0.3, 0.4) is 0 Å². The highest BCUT2D eigenvalue weighted by Gasteiger charge is 2.17. The molecule has 4 nitrogen and oxygen atoms in total. The molecule has 0 amide bonds. The quantitative estimate of drug-likeness (QED) is 0.833. The van der Waals surface area contributed by atoms with Gasteiger partial charge in [0.25, 0.3) is 0 Å². The fourth-order valence-corrected chi connectivity index (χ4v) is 2.54. The van der Waals surface area contributed by atoms with Crippen LogP contribution in [0, 0.1) is 0 Å². The number of imidazole rings is 1. The van der Waals surface area contributed by atoms with E-state index in [-0.39, 0.29) is 0 Å². The number of nitrogens with two attached hydrogens (primary N) is 1. The summed E-state index contributed by atoms with van der Waals surface area (Å²) in [7, 11) is 0. The number of fused-ring (bicyclic) bond motifs is 1. The number of nitrogens with zero attached hydrogens (tertiary/aromatic N) is 3. The zero-order valence-electron chi connectivity index (χ0n) is 10.4. The monoisotopic (exact) mass is 242 g/mol. The van der Waals surface area contributed by atoms with Crippen LogP contribution >= 0.6 is 0 Å². The fraction of sp³-hybridized carbons (Fsp3) is 0.357. The van der Waals surface area contributed by atoms with Gasteiger partial charge in [-0.1, -0.05) is 6.07 Å². The molecule has 1 aromatic carbocycles. The Bertz CT molecular complexity index is 519. The lowest BCUT2D eigenvalue weighted by Gasteiger charge is -2.14. The first-order chi connectivity index (χ1) is 8.81. The number of hydrogen-bond acceptors (Lipinski definition) is 3. The molecule has 0 unspecified atom stereocenters. The summed E-state index contributed by atoms with van der Waals surface area (Å²) >= 11 is 0. The van der Waals surface area contributed by atoms with Crippen molar-refractivity contribution in [3.8, 4) is 0 Å². The minimum atomic E-state index is 0.869. The maximum atomic E-state index is 5.81. The molecular weight excluding hydrogens is 224 g/mol. The van der Waals surface area contributed by atoms with Gasteiger partial charge in [-0.15, -0.1) is 0 Å². The lowest BCUT2D eigenvalue weighted by molar-refractivity contribution is 0.274. The summed E-state index contributed by atoms with van der Waals surface area (Å²) in [6.07, 6.45) is 6.87. The second-order valence-electron chi connectivity index (χ2n) is 4.89. The number of benzene rings is 1. The van der Waals surface area contributed by atoms with Crippen molar-refractivity contribution in [1.29, 1.82) is 0 Å². The number of aromatic nitrogens is 2. The third-order valence-corrected chi connectivity index (χ3v) is 3.47. The highest BCUT2D eigenvalue weighted by molar-refractivity contribution is 5.46. The van der Waals surface area contributed by atoms with Crippen LogP contribution in [0.25, 0.3) is 0 Å². The molecule has 0 fully saturated rings. The van der Waals surface area contributed by atoms with Gasteiger partial charge in [-0.2, -0.15) is 0 Å². The summed E-state index contributed by atoms with van der Waals surface area (Å²) in [5.41, 5.74) is 9.49. The van der Waals surface area contributed by atoms with Crippen molar-refractivity contribution >= 4 is 5.69 Å². The van der Waals surface area contributed by atoms with Gasteiger partial charge in [-0.05, 0) is 29.7 Å². The molecule has 1 aliphatic rings. The van der Waals surface area contributed by atoms with Crippen molar-refractivity contribution < 1.29 is 0 Å². The molecule has 0 aliphatic carbocycles. The van der Waals surface area contributed by atoms with Gasteiger partial charge in [0.1, 0.15) is 0 Å². The Kier molecular flexibility index (Phi) is 3.02. The second-order valence-corrected chi connectivity index (χ2v) is 4.89. The summed E-state index contributed by atoms with van der Waals surface area (Å²) in [4.78, 5) is 6.52. The van der Waals surface area contributed by atoms with Gasteiger partial charge in [0, 0.05) is 44.3 Å². The third kappa shape index (κ3) is 2.38. The van der Waals surface area contributed by atoms with Crippen LogP contribution in [0.5, 0.6) is 0 Å². The molecule has 0 bridgehead atoms. The smallest absolute Gasteiger partial charge is 0.0945 e. The standard InChI is InChI=1S/C14H18N4/c15-14-3-2-12-9-18(10-13(12)8-14)6-1-5-17-7-4-16-11-17/h2-4,7-8,11H,1,5-6,9-10,15H2. The predicted octanol–water partition coefficient (Wildman–Crippen LogP) is 1.87. The minimum Gasteiger partial charge on any atom is -0.399 e. The van der Waals surface area contributed by atoms with Crippen LogP contribution in [0.2, 0.25) is 0 Å². The van der Waals surface area contributed by atoms with E-state index in [1.165, 1.54) is 11.1 Å². The Labute approximate surface area is 107 Å². The molecule has 0 radical (unpaired) electrons. The highest BCUT2D eigenvalue weighted by Crippen LogP contribution is 2.24. The topological polar surface area (TPSA) is 47.1 Å². The molecule has 18 heavy (non-hydrogen) atoms. The molecule has 0 spiro atoms. The molecule has 3 rings (SSSR count). The van der Waals surface area contributed by atoms with Gasteiger partial charge in [-0.3, -0.25) is 4.90 Å². The van der Waals surface area contributed by atoms with Crippen LogP contribution in [-0.4, -0.2) is 21.0 Å². The molecule has 0 saturated carbocycles. The summed E-state index contributed by atoms with van der Waals surface area (Å²) < 4.78 is 2.13. The highest BCUT2D eigenvalue weighted by atomic mass is 15.1. The molecule has 2 heterocycles. The van der Waals surface area contributed by atoms with E-state index in [1.54, 1.807) is 0 Å². The van der Waals surface area contributed by atoms with Gasteiger partial charge in [0.15, 0.2) is 0 Å².